The molecule has 0 bridgehead atoms. The zero-order chi connectivity index (χ0) is 10.9. The molecule has 2 N–H and O–H groups in total. The lowest BCUT2D eigenvalue weighted by Crippen LogP contribution is -1.94. The fourth-order valence-corrected chi connectivity index (χ4v) is 0.812. The lowest BCUT2D eigenvalue weighted by atomic mass is 10.1. The average molecular weight is 181 g/mol. The van der Waals surface area contributed by atoms with Gasteiger partial charge in [0.05, 0.1) is 0 Å². The highest BCUT2D eigenvalue weighted by molar-refractivity contribution is 5.32. The van der Waals surface area contributed by atoms with Gasteiger partial charge in [-0.15, -0.1) is 0 Å². The fourth-order valence-electron chi connectivity index (χ4n) is 0.812. The molecule has 0 aromatic heterocycles. The predicted octanol–water partition coefficient (Wildman–Crippen LogP) is 3.79. The Morgan fingerprint density at radius 2 is 1.85 bits per heavy atom. The molecule has 0 aliphatic heterocycles. The molecule has 1 nitrogen and oxygen atoms in total. The van der Waals surface area contributed by atoms with Crippen molar-refractivity contribution in [2.45, 2.75) is 41.0 Å². The SMILES string of the molecule is C=C(C)/C(=C\C(N)=C/C)CC.CC. The Morgan fingerprint density at radius 3 is 2.08 bits per heavy atom. The van der Waals surface area contributed by atoms with Crippen LogP contribution in [0.4, 0.5) is 0 Å². The molecule has 0 unspecified atom stereocenters. The van der Waals surface area contributed by atoms with E-state index in [-0.39, 0.29) is 0 Å². The van der Waals surface area contributed by atoms with Gasteiger partial charge in [0.15, 0.2) is 0 Å². The first-order chi connectivity index (χ1) is 6.11. The van der Waals surface area contributed by atoms with Gasteiger partial charge in [-0.1, -0.05) is 39.0 Å². The third-order valence-corrected chi connectivity index (χ3v) is 1.60. The van der Waals surface area contributed by atoms with Crippen molar-refractivity contribution < 1.29 is 0 Å². The van der Waals surface area contributed by atoms with Gasteiger partial charge in [-0.25, -0.2) is 0 Å². The van der Waals surface area contributed by atoms with Gasteiger partial charge in [0.25, 0.3) is 0 Å². The Balaban J connectivity index is 0. The predicted molar refractivity (Wildman–Crippen MR) is 62.5 cm³/mol. The minimum absolute atomic E-state index is 0.810. The molecule has 0 aliphatic rings. The van der Waals surface area contributed by atoms with Gasteiger partial charge >= 0.3 is 0 Å². The van der Waals surface area contributed by atoms with Crippen LogP contribution in [0.15, 0.2) is 35.6 Å². The summed E-state index contributed by atoms with van der Waals surface area (Å²) in [5, 5.41) is 0. The Labute approximate surface area is 83.0 Å². The summed E-state index contributed by atoms with van der Waals surface area (Å²) in [6.07, 6.45) is 4.85. The largest absolute Gasteiger partial charge is 0.399 e. The highest BCUT2D eigenvalue weighted by Crippen LogP contribution is 2.11. The van der Waals surface area contributed by atoms with Crippen LogP contribution in [0.3, 0.4) is 0 Å². The van der Waals surface area contributed by atoms with Crippen molar-refractivity contribution in [1.29, 1.82) is 0 Å². The van der Waals surface area contributed by atoms with Gasteiger partial charge < -0.3 is 5.73 Å². The first-order valence-electron chi connectivity index (χ1n) is 4.90. The van der Waals surface area contributed by atoms with Gasteiger partial charge in [-0.3, -0.25) is 0 Å². The van der Waals surface area contributed by atoms with Gasteiger partial charge in [0.1, 0.15) is 0 Å². The summed E-state index contributed by atoms with van der Waals surface area (Å²) in [6.45, 7) is 13.9. The smallest absolute Gasteiger partial charge is 0.0273 e. The molecule has 0 spiro atoms. The minimum Gasteiger partial charge on any atom is -0.399 e. The molecule has 0 aliphatic carbocycles. The third-order valence-electron chi connectivity index (χ3n) is 1.60. The summed E-state index contributed by atoms with van der Waals surface area (Å²) >= 11 is 0. The van der Waals surface area contributed by atoms with Gasteiger partial charge in [0.2, 0.25) is 0 Å². The molecule has 1 heteroatoms. The van der Waals surface area contributed by atoms with E-state index in [9.17, 15) is 0 Å². The van der Waals surface area contributed by atoms with Crippen molar-refractivity contribution in [3.63, 3.8) is 0 Å². The zero-order valence-electron chi connectivity index (χ0n) is 9.65. The molecule has 0 aromatic rings. The summed E-state index contributed by atoms with van der Waals surface area (Å²) in [7, 11) is 0. The maximum atomic E-state index is 5.63. The van der Waals surface area contributed by atoms with Crippen LogP contribution in [-0.4, -0.2) is 0 Å². The summed E-state index contributed by atoms with van der Waals surface area (Å²) in [5.74, 6) is 0. The molecule has 0 atom stereocenters. The fraction of sp³-hybridized carbons (Fsp3) is 0.500. The van der Waals surface area contributed by atoms with Crippen molar-refractivity contribution in [3.05, 3.63) is 35.6 Å². The molecule has 0 fully saturated rings. The van der Waals surface area contributed by atoms with E-state index in [4.69, 9.17) is 5.73 Å². The van der Waals surface area contributed by atoms with Gasteiger partial charge in [0, 0.05) is 5.70 Å². The Hall–Kier alpha value is -0.980. The standard InChI is InChI=1S/C10H17N.C2H6/c1-5-9(8(3)4)7-10(11)6-2;1-2/h6-7H,3,5,11H2,1-2,4H3;1-2H3/b9-7-,10-6+;. The van der Waals surface area contributed by atoms with E-state index in [2.05, 4.69) is 13.5 Å². The molecule has 13 heavy (non-hydrogen) atoms. The summed E-state index contributed by atoms with van der Waals surface area (Å²) in [5.41, 5.74) is 8.76. The van der Waals surface area contributed by atoms with Crippen LogP contribution >= 0.6 is 0 Å². The van der Waals surface area contributed by atoms with Gasteiger partial charge in [-0.2, -0.15) is 0 Å². The summed E-state index contributed by atoms with van der Waals surface area (Å²) in [6, 6.07) is 0. The highest BCUT2D eigenvalue weighted by Gasteiger charge is 1.93. The third kappa shape index (κ3) is 7.38. The molecular weight excluding hydrogens is 158 g/mol. The van der Waals surface area contributed by atoms with Crippen LogP contribution in [0.5, 0.6) is 0 Å². The number of allylic oxidation sites excluding steroid dienone is 4. The van der Waals surface area contributed by atoms with Crippen LogP contribution in [-0.2, 0) is 0 Å². The average Bonchev–Trinajstić information content (AvgIpc) is 2.16. The van der Waals surface area contributed by atoms with E-state index in [1.165, 1.54) is 5.57 Å². The van der Waals surface area contributed by atoms with E-state index in [0.29, 0.717) is 0 Å². The van der Waals surface area contributed by atoms with Crippen LogP contribution in [0.1, 0.15) is 41.0 Å². The molecule has 76 valence electrons. The van der Waals surface area contributed by atoms with Crippen LogP contribution in [0, 0.1) is 0 Å². The quantitative estimate of drug-likeness (QED) is 0.659. The molecule has 0 saturated heterocycles. The van der Waals surface area contributed by atoms with E-state index < -0.39 is 0 Å². The normalized spacial score (nSPS) is 11.8. The van der Waals surface area contributed by atoms with Crippen LogP contribution in [0.2, 0.25) is 0 Å². The van der Waals surface area contributed by atoms with Crippen LogP contribution in [0.25, 0.3) is 0 Å². The van der Waals surface area contributed by atoms with Crippen molar-refractivity contribution >= 4 is 0 Å². The molecule has 0 aromatic carbocycles. The first-order valence-corrected chi connectivity index (χ1v) is 4.90. The van der Waals surface area contributed by atoms with Crippen LogP contribution < -0.4 is 5.73 Å². The second-order valence-corrected chi connectivity index (χ2v) is 2.59. The van der Waals surface area contributed by atoms with E-state index in [1.54, 1.807) is 0 Å². The molecule has 0 heterocycles. The van der Waals surface area contributed by atoms with Crippen molar-refractivity contribution in [2.24, 2.45) is 5.73 Å². The maximum absolute atomic E-state index is 5.63. The Kier molecular flexibility index (Phi) is 10.2. The van der Waals surface area contributed by atoms with E-state index >= 15 is 0 Å². The number of rotatable bonds is 3. The minimum atomic E-state index is 0.810. The number of nitrogens with two attached hydrogens (primary N) is 1. The topological polar surface area (TPSA) is 26.0 Å². The lowest BCUT2D eigenvalue weighted by molar-refractivity contribution is 1.10. The monoisotopic (exact) mass is 181 g/mol. The lowest BCUT2D eigenvalue weighted by Gasteiger charge is -2.02. The zero-order valence-corrected chi connectivity index (χ0v) is 9.65. The Bertz CT molecular complexity index is 197. The summed E-state index contributed by atoms with van der Waals surface area (Å²) < 4.78 is 0. The number of hydrogen-bond acceptors (Lipinski definition) is 1. The first kappa shape index (κ1) is 14.5. The molecule has 0 rings (SSSR count). The Morgan fingerprint density at radius 1 is 1.38 bits per heavy atom. The second-order valence-electron chi connectivity index (χ2n) is 2.59. The highest BCUT2D eigenvalue weighted by atomic mass is 14.5. The summed E-state index contributed by atoms with van der Waals surface area (Å²) in [4.78, 5) is 0. The number of hydrogen-bond donors (Lipinski definition) is 1. The second kappa shape index (κ2) is 9.11. The molecular formula is C12H23N. The van der Waals surface area contributed by atoms with E-state index in [1.807, 2.05) is 39.8 Å². The van der Waals surface area contributed by atoms with Crippen molar-refractivity contribution in [2.75, 3.05) is 0 Å². The van der Waals surface area contributed by atoms with Gasteiger partial charge in [-0.05, 0) is 31.9 Å². The van der Waals surface area contributed by atoms with E-state index in [0.717, 1.165) is 17.7 Å². The molecule has 0 saturated carbocycles. The van der Waals surface area contributed by atoms with Crippen molar-refractivity contribution in [3.8, 4) is 0 Å². The molecule has 0 radical (unpaired) electrons. The molecule has 0 amide bonds. The van der Waals surface area contributed by atoms with Crippen molar-refractivity contribution in [1.82, 2.24) is 0 Å². The maximum Gasteiger partial charge on any atom is 0.0273 e.